The fourth-order valence-corrected chi connectivity index (χ4v) is 4.73. The molecular formula is C18H24N4OS. The summed E-state index contributed by atoms with van der Waals surface area (Å²) in [6.07, 6.45) is 5.26. The molecule has 128 valence electrons. The van der Waals surface area contributed by atoms with E-state index in [1.807, 2.05) is 11.8 Å². The van der Waals surface area contributed by atoms with Crippen molar-refractivity contribution >= 4 is 17.7 Å². The van der Waals surface area contributed by atoms with Gasteiger partial charge in [-0.3, -0.25) is 4.57 Å². The lowest BCUT2D eigenvalue weighted by Gasteiger charge is -2.28. The standard InChI is InChI=1S/C18H24N4OS/c1-14-6-2-5-9-16(14)22-17(21-10-12-23-13-11-21)19-20-18(22)24-15-7-3-4-8-15/h2,5-6,9,15H,3-4,7-8,10-13H2,1H3. The molecule has 1 aliphatic heterocycles. The average Bonchev–Trinajstić information content (AvgIpc) is 3.27. The smallest absolute Gasteiger partial charge is 0.232 e. The van der Waals surface area contributed by atoms with E-state index in [1.165, 1.54) is 36.9 Å². The fraction of sp³-hybridized carbons (Fsp3) is 0.556. The minimum Gasteiger partial charge on any atom is -0.378 e. The Labute approximate surface area is 147 Å². The zero-order valence-corrected chi connectivity index (χ0v) is 15.0. The second-order valence-electron chi connectivity index (χ2n) is 6.53. The van der Waals surface area contributed by atoms with Crippen LogP contribution >= 0.6 is 11.8 Å². The molecule has 2 fully saturated rings. The molecule has 2 aliphatic rings. The molecular weight excluding hydrogens is 320 g/mol. The van der Waals surface area contributed by atoms with Crippen LogP contribution in [0.15, 0.2) is 29.4 Å². The number of benzene rings is 1. The summed E-state index contributed by atoms with van der Waals surface area (Å²) in [7, 11) is 0. The van der Waals surface area contributed by atoms with E-state index >= 15 is 0 Å². The summed E-state index contributed by atoms with van der Waals surface area (Å²) in [4.78, 5) is 2.29. The molecule has 1 aromatic heterocycles. The van der Waals surface area contributed by atoms with Gasteiger partial charge in [0, 0.05) is 18.3 Å². The third-order valence-corrected chi connectivity index (χ3v) is 6.12. The summed E-state index contributed by atoms with van der Waals surface area (Å²) in [5.74, 6) is 0.952. The molecule has 0 atom stereocenters. The Morgan fingerprint density at radius 2 is 1.83 bits per heavy atom. The maximum Gasteiger partial charge on any atom is 0.232 e. The van der Waals surface area contributed by atoms with E-state index in [2.05, 4.69) is 50.9 Å². The molecule has 24 heavy (non-hydrogen) atoms. The van der Waals surface area contributed by atoms with E-state index in [-0.39, 0.29) is 0 Å². The number of aromatic nitrogens is 3. The van der Waals surface area contributed by atoms with E-state index < -0.39 is 0 Å². The number of rotatable bonds is 4. The minimum absolute atomic E-state index is 0.675. The number of hydrogen-bond donors (Lipinski definition) is 0. The maximum absolute atomic E-state index is 5.50. The fourth-order valence-electron chi connectivity index (χ4n) is 3.49. The van der Waals surface area contributed by atoms with Gasteiger partial charge in [-0.05, 0) is 31.4 Å². The van der Waals surface area contributed by atoms with Crippen molar-refractivity contribution in [3.05, 3.63) is 29.8 Å². The number of para-hydroxylation sites is 1. The largest absolute Gasteiger partial charge is 0.378 e. The molecule has 0 spiro atoms. The van der Waals surface area contributed by atoms with Gasteiger partial charge in [-0.15, -0.1) is 10.2 Å². The van der Waals surface area contributed by atoms with Crippen LogP contribution in [0, 0.1) is 6.92 Å². The Morgan fingerprint density at radius 1 is 1.08 bits per heavy atom. The highest BCUT2D eigenvalue weighted by molar-refractivity contribution is 7.99. The Morgan fingerprint density at radius 3 is 2.58 bits per heavy atom. The van der Waals surface area contributed by atoms with Crippen molar-refractivity contribution in [1.29, 1.82) is 0 Å². The first kappa shape index (κ1) is 16.0. The van der Waals surface area contributed by atoms with Crippen LogP contribution in [-0.4, -0.2) is 46.3 Å². The van der Waals surface area contributed by atoms with E-state index in [9.17, 15) is 0 Å². The quantitative estimate of drug-likeness (QED) is 0.850. The Bertz CT molecular complexity index is 690. The van der Waals surface area contributed by atoms with Crippen molar-refractivity contribution in [3.8, 4) is 5.69 Å². The topological polar surface area (TPSA) is 43.2 Å². The monoisotopic (exact) mass is 344 g/mol. The molecule has 1 aromatic carbocycles. The molecule has 0 N–H and O–H groups in total. The van der Waals surface area contributed by atoms with Crippen molar-refractivity contribution < 1.29 is 4.74 Å². The molecule has 0 amide bonds. The highest BCUT2D eigenvalue weighted by Crippen LogP contribution is 2.37. The molecule has 1 saturated heterocycles. The summed E-state index contributed by atoms with van der Waals surface area (Å²) in [5, 5.41) is 10.8. The van der Waals surface area contributed by atoms with Gasteiger partial charge in [-0.1, -0.05) is 42.8 Å². The van der Waals surface area contributed by atoms with Crippen molar-refractivity contribution in [1.82, 2.24) is 14.8 Å². The Hall–Kier alpha value is -1.53. The second kappa shape index (κ2) is 7.15. The normalized spacial score (nSPS) is 19.1. The third-order valence-electron chi connectivity index (χ3n) is 4.84. The van der Waals surface area contributed by atoms with Crippen LogP contribution < -0.4 is 4.90 Å². The number of ether oxygens (including phenoxy) is 1. The third kappa shape index (κ3) is 3.17. The van der Waals surface area contributed by atoms with Crippen molar-refractivity contribution in [2.45, 2.75) is 43.0 Å². The molecule has 1 saturated carbocycles. The van der Waals surface area contributed by atoms with E-state index in [0.29, 0.717) is 5.25 Å². The van der Waals surface area contributed by atoms with E-state index in [1.54, 1.807) is 0 Å². The zero-order valence-electron chi connectivity index (χ0n) is 14.1. The van der Waals surface area contributed by atoms with Gasteiger partial charge < -0.3 is 9.64 Å². The van der Waals surface area contributed by atoms with E-state index in [0.717, 1.165) is 37.4 Å². The SMILES string of the molecule is Cc1ccccc1-n1c(SC2CCCC2)nnc1N1CCOCC1. The van der Waals surface area contributed by atoms with Crippen LogP contribution in [0.2, 0.25) is 0 Å². The highest BCUT2D eigenvalue weighted by Gasteiger charge is 2.25. The van der Waals surface area contributed by atoms with Gasteiger partial charge in [0.2, 0.25) is 5.95 Å². The van der Waals surface area contributed by atoms with Crippen molar-refractivity contribution in [2.75, 3.05) is 31.2 Å². The molecule has 1 aliphatic carbocycles. The van der Waals surface area contributed by atoms with Gasteiger partial charge in [0.25, 0.3) is 0 Å². The highest BCUT2D eigenvalue weighted by atomic mass is 32.2. The van der Waals surface area contributed by atoms with Gasteiger partial charge in [0.15, 0.2) is 5.16 Å². The predicted octanol–water partition coefficient (Wildman–Crippen LogP) is 3.45. The van der Waals surface area contributed by atoms with Gasteiger partial charge in [-0.2, -0.15) is 0 Å². The summed E-state index contributed by atoms with van der Waals surface area (Å²) < 4.78 is 7.75. The summed E-state index contributed by atoms with van der Waals surface area (Å²) in [5.41, 5.74) is 2.43. The second-order valence-corrected chi connectivity index (χ2v) is 7.80. The Kier molecular flexibility index (Phi) is 4.76. The number of thioether (sulfide) groups is 1. The lowest BCUT2D eigenvalue weighted by atomic mass is 10.2. The van der Waals surface area contributed by atoms with Crippen molar-refractivity contribution in [2.24, 2.45) is 0 Å². The first-order valence-electron chi connectivity index (χ1n) is 8.84. The first-order valence-corrected chi connectivity index (χ1v) is 9.71. The summed E-state index contributed by atoms with van der Waals surface area (Å²) in [6.45, 7) is 5.41. The molecule has 5 nitrogen and oxygen atoms in total. The maximum atomic E-state index is 5.50. The van der Waals surface area contributed by atoms with Gasteiger partial charge in [0.1, 0.15) is 0 Å². The summed E-state index contributed by atoms with van der Waals surface area (Å²) in [6, 6.07) is 8.50. The molecule has 0 radical (unpaired) electrons. The van der Waals surface area contributed by atoms with Crippen LogP contribution in [0.1, 0.15) is 31.2 Å². The Balaban J connectivity index is 1.73. The average molecular weight is 344 g/mol. The number of anilines is 1. The summed E-state index contributed by atoms with van der Waals surface area (Å²) >= 11 is 1.90. The lowest BCUT2D eigenvalue weighted by molar-refractivity contribution is 0.122. The lowest BCUT2D eigenvalue weighted by Crippen LogP contribution is -2.38. The molecule has 0 bridgehead atoms. The van der Waals surface area contributed by atoms with Crippen molar-refractivity contribution in [3.63, 3.8) is 0 Å². The molecule has 2 heterocycles. The molecule has 2 aromatic rings. The number of morpholine rings is 1. The zero-order chi connectivity index (χ0) is 16.4. The molecule has 6 heteroatoms. The number of hydrogen-bond acceptors (Lipinski definition) is 5. The van der Waals surface area contributed by atoms with Crippen LogP contribution in [0.5, 0.6) is 0 Å². The predicted molar refractivity (Wildman–Crippen MR) is 97.2 cm³/mol. The van der Waals surface area contributed by atoms with Crippen LogP contribution in [0.25, 0.3) is 5.69 Å². The molecule has 0 unspecified atom stereocenters. The van der Waals surface area contributed by atoms with Crippen LogP contribution in [-0.2, 0) is 4.74 Å². The number of nitrogens with zero attached hydrogens (tertiary/aromatic N) is 4. The van der Waals surface area contributed by atoms with Crippen LogP contribution in [0.3, 0.4) is 0 Å². The van der Waals surface area contributed by atoms with Gasteiger partial charge in [-0.25, -0.2) is 0 Å². The molecule has 4 rings (SSSR count). The van der Waals surface area contributed by atoms with Gasteiger partial charge in [0.05, 0.1) is 18.9 Å². The van der Waals surface area contributed by atoms with E-state index in [4.69, 9.17) is 4.74 Å². The number of aryl methyl sites for hydroxylation is 1. The minimum atomic E-state index is 0.675. The first-order chi connectivity index (χ1) is 11.8. The van der Waals surface area contributed by atoms with Crippen LogP contribution in [0.4, 0.5) is 5.95 Å². The van der Waals surface area contributed by atoms with Gasteiger partial charge >= 0.3 is 0 Å².